The number of hydrogen-bond acceptors (Lipinski definition) is 1. The van der Waals surface area contributed by atoms with Gasteiger partial charge in [-0.2, -0.15) is 0 Å². The molecule has 1 aromatic carbocycles. The molecule has 0 amide bonds. The standard InChI is InChI=1S/C10H13N/c1-7-6-10(7)8-2-4-9(11)5-3-8/h2-5,7,10H,6,11H2,1H3/t7-,10?/m1/s1. The summed E-state index contributed by atoms with van der Waals surface area (Å²) < 4.78 is 0. The third-order valence-electron chi connectivity index (χ3n) is 2.47. The first-order valence-corrected chi connectivity index (χ1v) is 4.13. The van der Waals surface area contributed by atoms with E-state index in [1.54, 1.807) is 0 Å². The molecular formula is C10H13N. The quantitative estimate of drug-likeness (QED) is 0.606. The zero-order valence-corrected chi connectivity index (χ0v) is 6.75. The Hall–Kier alpha value is -0.980. The lowest BCUT2D eigenvalue weighted by atomic mass is 10.1. The molecule has 0 bridgehead atoms. The molecule has 0 radical (unpaired) electrons. The molecule has 1 aliphatic rings. The maximum Gasteiger partial charge on any atom is 0.0314 e. The van der Waals surface area contributed by atoms with Crippen molar-refractivity contribution in [3.63, 3.8) is 0 Å². The van der Waals surface area contributed by atoms with Gasteiger partial charge in [-0.25, -0.2) is 0 Å². The van der Waals surface area contributed by atoms with Crippen molar-refractivity contribution in [3.05, 3.63) is 29.8 Å². The summed E-state index contributed by atoms with van der Waals surface area (Å²) in [5.74, 6) is 1.70. The maximum atomic E-state index is 5.58. The molecule has 2 N–H and O–H groups in total. The van der Waals surface area contributed by atoms with Crippen LogP contribution in [0.25, 0.3) is 0 Å². The molecule has 0 heterocycles. The Balaban J connectivity index is 2.21. The Morgan fingerprint density at radius 1 is 1.27 bits per heavy atom. The monoisotopic (exact) mass is 147 g/mol. The van der Waals surface area contributed by atoms with E-state index in [1.807, 2.05) is 12.1 Å². The summed E-state index contributed by atoms with van der Waals surface area (Å²) in [6, 6.07) is 8.26. The van der Waals surface area contributed by atoms with Crippen molar-refractivity contribution in [1.29, 1.82) is 0 Å². The lowest BCUT2D eigenvalue weighted by molar-refractivity contribution is 0.915. The second-order valence-electron chi connectivity index (χ2n) is 3.49. The average molecular weight is 147 g/mol. The number of benzene rings is 1. The molecule has 1 unspecified atom stereocenters. The Morgan fingerprint density at radius 3 is 2.27 bits per heavy atom. The van der Waals surface area contributed by atoms with E-state index < -0.39 is 0 Å². The Bertz CT molecular complexity index is 250. The second kappa shape index (κ2) is 2.26. The maximum absolute atomic E-state index is 5.58. The topological polar surface area (TPSA) is 26.0 Å². The number of rotatable bonds is 1. The van der Waals surface area contributed by atoms with Gasteiger partial charge in [0.15, 0.2) is 0 Å². The van der Waals surface area contributed by atoms with E-state index in [-0.39, 0.29) is 0 Å². The molecular weight excluding hydrogens is 134 g/mol. The van der Waals surface area contributed by atoms with Crippen molar-refractivity contribution >= 4 is 5.69 Å². The summed E-state index contributed by atoms with van der Waals surface area (Å²) in [6.45, 7) is 2.29. The average Bonchev–Trinajstić information content (AvgIpc) is 2.69. The molecule has 1 fully saturated rings. The molecule has 1 nitrogen and oxygen atoms in total. The Labute approximate surface area is 67.2 Å². The highest BCUT2D eigenvalue weighted by Crippen LogP contribution is 2.46. The minimum absolute atomic E-state index is 0.815. The van der Waals surface area contributed by atoms with Gasteiger partial charge in [0.1, 0.15) is 0 Å². The van der Waals surface area contributed by atoms with Crippen LogP contribution < -0.4 is 5.73 Å². The molecule has 1 aliphatic carbocycles. The third kappa shape index (κ3) is 1.23. The molecule has 0 aliphatic heterocycles. The van der Waals surface area contributed by atoms with Gasteiger partial charge in [-0.1, -0.05) is 19.1 Å². The first-order valence-electron chi connectivity index (χ1n) is 4.13. The molecule has 2 atom stereocenters. The molecule has 0 aromatic heterocycles. The fourth-order valence-corrected chi connectivity index (χ4v) is 1.53. The highest BCUT2D eigenvalue weighted by atomic mass is 14.5. The zero-order valence-electron chi connectivity index (χ0n) is 6.75. The van der Waals surface area contributed by atoms with Crippen molar-refractivity contribution < 1.29 is 0 Å². The van der Waals surface area contributed by atoms with Crippen LogP contribution in [0.1, 0.15) is 24.8 Å². The molecule has 0 saturated heterocycles. The zero-order chi connectivity index (χ0) is 7.84. The van der Waals surface area contributed by atoms with Crippen molar-refractivity contribution in [2.45, 2.75) is 19.3 Å². The highest BCUT2D eigenvalue weighted by molar-refractivity contribution is 5.41. The summed E-state index contributed by atoms with van der Waals surface area (Å²) in [5.41, 5.74) is 7.90. The van der Waals surface area contributed by atoms with Gasteiger partial charge in [-0.05, 0) is 36.0 Å². The molecule has 2 rings (SSSR count). The molecule has 58 valence electrons. The van der Waals surface area contributed by atoms with E-state index in [0.29, 0.717) is 0 Å². The van der Waals surface area contributed by atoms with E-state index in [2.05, 4.69) is 19.1 Å². The number of nitrogens with two attached hydrogens (primary N) is 1. The predicted octanol–water partition coefficient (Wildman–Crippen LogP) is 2.39. The smallest absolute Gasteiger partial charge is 0.0314 e. The van der Waals surface area contributed by atoms with Crippen LogP contribution in [0.3, 0.4) is 0 Å². The predicted molar refractivity (Wildman–Crippen MR) is 47.4 cm³/mol. The first-order chi connectivity index (χ1) is 5.27. The lowest BCUT2D eigenvalue weighted by Gasteiger charge is -1.97. The Morgan fingerprint density at radius 2 is 1.82 bits per heavy atom. The lowest BCUT2D eigenvalue weighted by Crippen LogP contribution is -1.85. The molecule has 1 saturated carbocycles. The fraction of sp³-hybridized carbons (Fsp3) is 0.400. The third-order valence-corrected chi connectivity index (χ3v) is 2.47. The van der Waals surface area contributed by atoms with Gasteiger partial charge in [-0.15, -0.1) is 0 Å². The Kier molecular flexibility index (Phi) is 1.38. The van der Waals surface area contributed by atoms with Gasteiger partial charge in [0, 0.05) is 5.69 Å². The van der Waals surface area contributed by atoms with Crippen LogP contribution in [0.2, 0.25) is 0 Å². The highest BCUT2D eigenvalue weighted by Gasteiger charge is 2.33. The number of nitrogen functional groups attached to an aromatic ring is 1. The van der Waals surface area contributed by atoms with E-state index in [9.17, 15) is 0 Å². The van der Waals surface area contributed by atoms with Gasteiger partial charge in [0.2, 0.25) is 0 Å². The van der Waals surface area contributed by atoms with Crippen molar-refractivity contribution in [2.24, 2.45) is 5.92 Å². The normalized spacial score (nSPS) is 28.5. The van der Waals surface area contributed by atoms with Crippen LogP contribution in [0, 0.1) is 5.92 Å². The fourth-order valence-electron chi connectivity index (χ4n) is 1.53. The van der Waals surface area contributed by atoms with Crippen LogP contribution in [0.5, 0.6) is 0 Å². The van der Waals surface area contributed by atoms with Gasteiger partial charge in [-0.3, -0.25) is 0 Å². The van der Waals surface area contributed by atoms with Crippen LogP contribution in [-0.4, -0.2) is 0 Å². The van der Waals surface area contributed by atoms with E-state index in [1.165, 1.54) is 12.0 Å². The number of anilines is 1. The van der Waals surface area contributed by atoms with E-state index in [0.717, 1.165) is 17.5 Å². The summed E-state index contributed by atoms with van der Waals surface area (Å²) >= 11 is 0. The minimum atomic E-state index is 0.815. The first kappa shape index (κ1) is 6.71. The van der Waals surface area contributed by atoms with E-state index >= 15 is 0 Å². The van der Waals surface area contributed by atoms with Gasteiger partial charge >= 0.3 is 0 Å². The summed E-state index contributed by atoms with van der Waals surface area (Å²) in [7, 11) is 0. The molecule has 1 aromatic rings. The summed E-state index contributed by atoms with van der Waals surface area (Å²) in [6.07, 6.45) is 1.35. The summed E-state index contributed by atoms with van der Waals surface area (Å²) in [5, 5.41) is 0. The second-order valence-corrected chi connectivity index (χ2v) is 3.49. The summed E-state index contributed by atoms with van der Waals surface area (Å²) in [4.78, 5) is 0. The molecule has 0 spiro atoms. The molecule has 11 heavy (non-hydrogen) atoms. The SMILES string of the molecule is C[C@@H]1CC1c1ccc(N)cc1. The van der Waals surface area contributed by atoms with Crippen LogP contribution >= 0.6 is 0 Å². The van der Waals surface area contributed by atoms with Crippen molar-refractivity contribution in [1.82, 2.24) is 0 Å². The largest absolute Gasteiger partial charge is 0.399 e. The van der Waals surface area contributed by atoms with Crippen molar-refractivity contribution in [3.8, 4) is 0 Å². The van der Waals surface area contributed by atoms with Crippen molar-refractivity contribution in [2.75, 3.05) is 5.73 Å². The van der Waals surface area contributed by atoms with Crippen LogP contribution in [0.4, 0.5) is 5.69 Å². The minimum Gasteiger partial charge on any atom is -0.399 e. The molecule has 1 heteroatoms. The van der Waals surface area contributed by atoms with E-state index in [4.69, 9.17) is 5.73 Å². The van der Waals surface area contributed by atoms with Gasteiger partial charge < -0.3 is 5.73 Å². The van der Waals surface area contributed by atoms with Crippen LogP contribution in [0.15, 0.2) is 24.3 Å². The number of hydrogen-bond donors (Lipinski definition) is 1. The van der Waals surface area contributed by atoms with Gasteiger partial charge in [0.05, 0.1) is 0 Å². The van der Waals surface area contributed by atoms with Crippen LogP contribution in [-0.2, 0) is 0 Å². The van der Waals surface area contributed by atoms with Gasteiger partial charge in [0.25, 0.3) is 0 Å².